The number of hydrogen-bond acceptors (Lipinski definition) is 6. The molecule has 2 saturated heterocycles. The zero-order chi connectivity index (χ0) is 19.4. The van der Waals surface area contributed by atoms with Crippen LogP contribution in [0.2, 0.25) is 0 Å². The van der Waals surface area contributed by atoms with Crippen LogP contribution in [0.4, 0.5) is 4.79 Å². The third kappa shape index (κ3) is 4.42. The molecule has 0 spiro atoms. The van der Waals surface area contributed by atoms with Gasteiger partial charge in [-0.15, -0.1) is 0 Å². The van der Waals surface area contributed by atoms with Gasteiger partial charge in [-0.2, -0.15) is 5.26 Å². The molecule has 2 unspecified atom stereocenters. The second-order valence-electron chi connectivity index (χ2n) is 7.04. The fourth-order valence-corrected chi connectivity index (χ4v) is 5.31. The molecule has 2 bridgehead atoms. The van der Waals surface area contributed by atoms with E-state index in [0.29, 0.717) is 38.2 Å². The molecule has 0 aromatic heterocycles. The van der Waals surface area contributed by atoms with E-state index in [1.54, 1.807) is 11.8 Å². The molecule has 3 rings (SSSR count). The summed E-state index contributed by atoms with van der Waals surface area (Å²) in [4.78, 5) is 16.3. The average molecular weight is 391 g/mol. The van der Waals surface area contributed by atoms with Crippen molar-refractivity contribution < 1.29 is 17.9 Å². The lowest BCUT2D eigenvalue weighted by molar-refractivity contribution is 0.0479. The molecular formula is C19H25N3O4S. The SMILES string of the molecule is CCOC(=O)N1CC2CCC(C1)N2CCCS(=O)(=O)c1ccc(C#N)cc1. The summed E-state index contributed by atoms with van der Waals surface area (Å²) in [5.74, 6) is 0.0798. The summed E-state index contributed by atoms with van der Waals surface area (Å²) < 4.78 is 30.1. The molecule has 0 saturated carbocycles. The number of nitrogens with zero attached hydrogens (tertiary/aromatic N) is 3. The van der Waals surface area contributed by atoms with Gasteiger partial charge in [0.2, 0.25) is 0 Å². The number of amides is 1. The summed E-state index contributed by atoms with van der Waals surface area (Å²) in [6.45, 7) is 4.19. The highest BCUT2D eigenvalue weighted by Crippen LogP contribution is 2.30. The van der Waals surface area contributed by atoms with Gasteiger partial charge in [0.15, 0.2) is 9.84 Å². The monoisotopic (exact) mass is 391 g/mol. The first-order valence-electron chi connectivity index (χ1n) is 9.35. The topological polar surface area (TPSA) is 90.7 Å². The van der Waals surface area contributed by atoms with Crippen molar-refractivity contribution in [2.24, 2.45) is 0 Å². The maximum absolute atomic E-state index is 12.5. The Morgan fingerprint density at radius 2 is 1.85 bits per heavy atom. The summed E-state index contributed by atoms with van der Waals surface area (Å²) >= 11 is 0. The van der Waals surface area contributed by atoms with E-state index in [4.69, 9.17) is 10.00 Å². The zero-order valence-electron chi connectivity index (χ0n) is 15.5. The normalized spacial score (nSPS) is 22.4. The van der Waals surface area contributed by atoms with Gasteiger partial charge in [0, 0.05) is 25.2 Å². The van der Waals surface area contributed by atoms with Gasteiger partial charge in [-0.1, -0.05) is 0 Å². The van der Waals surface area contributed by atoms with E-state index in [1.165, 1.54) is 24.3 Å². The maximum atomic E-state index is 12.5. The number of hydrogen-bond donors (Lipinski definition) is 0. The van der Waals surface area contributed by atoms with Crippen molar-refractivity contribution in [2.75, 3.05) is 32.0 Å². The molecule has 27 heavy (non-hydrogen) atoms. The van der Waals surface area contributed by atoms with Crippen LogP contribution in [-0.2, 0) is 14.6 Å². The van der Waals surface area contributed by atoms with Gasteiger partial charge >= 0.3 is 6.09 Å². The molecule has 1 aromatic carbocycles. The van der Waals surface area contributed by atoms with E-state index >= 15 is 0 Å². The number of carbonyl (C=O) groups is 1. The highest BCUT2D eigenvalue weighted by Gasteiger charge is 2.41. The molecule has 2 aliphatic rings. The Bertz CT molecular complexity index is 802. The zero-order valence-corrected chi connectivity index (χ0v) is 16.3. The van der Waals surface area contributed by atoms with Gasteiger partial charge in [0.25, 0.3) is 0 Å². The minimum Gasteiger partial charge on any atom is -0.450 e. The van der Waals surface area contributed by atoms with Crippen molar-refractivity contribution in [3.8, 4) is 6.07 Å². The number of nitriles is 1. The molecule has 146 valence electrons. The standard InChI is InChI=1S/C19H25N3O4S/c1-2-26-19(23)21-13-16-6-7-17(14-21)22(16)10-3-11-27(24,25)18-8-4-15(12-20)5-9-18/h4-5,8-9,16-17H,2-3,6-7,10-11,13-14H2,1H3. The van der Waals surface area contributed by atoms with Crippen molar-refractivity contribution in [3.63, 3.8) is 0 Å². The molecule has 2 atom stereocenters. The molecule has 1 aromatic rings. The Hall–Kier alpha value is -2.11. The van der Waals surface area contributed by atoms with E-state index in [0.717, 1.165) is 12.8 Å². The summed E-state index contributed by atoms with van der Waals surface area (Å²) in [6, 6.07) is 8.61. The maximum Gasteiger partial charge on any atom is 0.409 e. The first-order chi connectivity index (χ1) is 12.9. The molecule has 2 fully saturated rings. The minimum absolute atomic E-state index is 0.0798. The summed E-state index contributed by atoms with van der Waals surface area (Å²) in [6.07, 6.45) is 2.36. The lowest BCUT2D eigenvalue weighted by Gasteiger charge is -2.40. The van der Waals surface area contributed by atoms with Gasteiger partial charge < -0.3 is 9.64 Å². The third-order valence-electron chi connectivity index (χ3n) is 5.33. The highest BCUT2D eigenvalue weighted by atomic mass is 32.2. The Kier molecular flexibility index (Phi) is 6.02. The van der Waals surface area contributed by atoms with Crippen LogP contribution in [0.15, 0.2) is 29.2 Å². The van der Waals surface area contributed by atoms with Crippen LogP contribution in [-0.4, -0.2) is 68.4 Å². The molecule has 0 N–H and O–H groups in total. The first kappa shape index (κ1) is 19.6. The van der Waals surface area contributed by atoms with Crippen LogP contribution in [0.25, 0.3) is 0 Å². The molecule has 8 heteroatoms. The minimum atomic E-state index is -3.35. The van der Waals surface area contributed by atoms with Crippen molar-refractivity contribution in [1.82, 2.24) is 9.80 Å². The van der Waals surface area contributed by atoms with Crippen molar-refractivity contribution in [1.29, 1.82) is 5.26 Å². The second-order valence-corrected chi connectivity index (χ2v) is 9.14. The second kappa shape index (κ2) is 8.28. The van der Waals surface area contributed by atoms with Gasteiger partial charge in [0.05, 0.1) is 28.9 Å². The number of likely N-dealkylation sites (tertiary alicyclic amines) is 1. The Balaban J connectivity index is 1.53. The number of carbonyl (C=O) groups excluding carboxylic acids is 1. The van der Waals surface area contributed by atoms with E-state index in [2.05, 4.69) is 4.90 Å². The predicted molar refractivity (Wildman–Crippen MR) is 99.9 cm³/mol. The first-order valence-corrected chi connectivity index (χ1v) is 11.0. The van der Waals surface area contributed by atoms with Gasteiger partial charge in [-0.05, 0) is 57.0 Å². The summed E-state index contributed by atoms with van der Waals surface area (Å²) in [5.41, 5.74) is 0.449. The largest absolute Gasteiger partial charge is 0.450 e. The molecule has 7 nitrogen and oxygen atoms in total. The lowest BCUT2D eigenvalue weighted by atomic mass is 10.2. The van der Waals surface area contributed by atoms with Crippen LogP contribution in [0.3, 0.4) is 0 Å². The van der Waals surface area contributed by atoms with Crippen LogP contribution < -0.4 is 0 Å². The van der Waals surface area contributed by atoms with Gasteiger partial charge in [-0.25, -0.2) is 13.2 Å². The van der Waals surface area contributed by atoms with Crippen LogP contribution in [0, 0.1) is 11.3 Å². The Morgan fingerprint density at radius 3 is 2.41 bits per heavy atom. The Labute approximate surface area is 160 Å². The number of rotatable bonds is 6. The molecular weight excluding hydrogens is 366 g/mol. The third-order valence-corrected chi connectivity index (χ3v) is 7.15. The molecule has 2 heterocycles. The summed E-state index contributed by atoms with van der Waals surface area (Å²) in [7, 11) is -3.35. The van der Waals surface area contributed by atoms with Gasteiger partial charge in [-0.3, -0.25) is 4.90 Å². The van der Waals surface area contributed by atoms with Crippen molar-refractivity contribution in [2.45, 2.75) is 43.2 Å². The molecule has 1 amide bonds. The number of sulfone groups is 1. The van der Waals surface area contributed by atoms with E-state index in [9.17, 15) is 13.2 Å². The van der Waals surface area contributed by atoms with E-state index < -0.39 is 9.84 Å². The van der Waals surface area contributed by atoms with Crippen molar-refractivity contribution in [3.05, 3.63) is 29.8 Å². The van der Waals surface area contributed by atoms with Gasteiger partial charge in [0.1, 0.15) is 0 Å². The Morgan fingerprint density at radius 1 is 1.22 bits per heavy atom. The fourth-order valence-electron chi connectivity index (χ4n) is 4.01. The van der Waals surface area contributed by atoms with Crippen LogP contribution in [0.5, 0.6) is 0 Å². The van der Waals surface area contributed by atoms with Crippen LogP contribution in [0.1, 0.15) is 31.7 Å². The highest BCUT2D eigenvalue weighted by molar-refractivity contribution is 7.91. The van der Waals surface area contributed by atoms with Crippen LogP contribution >= 0.6 is 0 Å². The molecule has 2 aliphatic heterocycles. The molecule has 0 aliphatic carbocycles. The average Bonchev–Trinajstić information content (AvgIpc) is 2.89. The fraction of sp³-hybridized carbons (Fsp3) is 0.579. The number of piperazine rings is 1. The quantitative estimate of drug-likeness (QED) is 0.737. The lowest BCUT2D eigenvalue weighted by Crippen LogP contribution is -2.55. The van der Waals surface area contributed by atoms with E-state index in [1.807, 2.05) is 6.07 Å². The van der Waals surface area contributed by atoms with Crippen molar-refractivity contribution >= 4 is 15.9 Å². The van der Waals surface area contributed by atoms with E-state index in [-0.39, 0.29) is 28.8 Å². The molecule has 0 radical (unpaired) electrons. The number of benzene rings is 1. The predicted octanol–water partition coefficient (Wildman–Crippen LogP) is 2.03. The smallest absolute Gasteiger partial charge is 0.409 e. The summed E-state index contributed by atoms with van der Waals surface area (Å²) in [5, 5.41) is 8.82. The number of ether oxygens (including phenoxy) is 1. The number of fused-ring (bicyclic) bond motifs is 2.